The van der Waals surface area contributed by atoms with E-state index in [4.69, 9.17) is 0 Å². The van der Waals surface area contributed by atoms with E-state index in [1.807, 2.05) is 19.1 Å². The van der Waals surface area contributed by atoms with E-state index in [1.54, 1.807) is 6.92 Å². The molecule has 0 aromatic rings. The van der Waals surface area contributed by atoms with E-state index >= 15 is 0 Å². The van der Waals surface area contributed by atoms with Crippen LogP contribution in [0.3, 0.4) is 0 Å². The maximum atomic E-state index is 12.1. The molecule has 0 bridgehead atoms. The number of allylic oxidation sites excluding steroid dienone is 4. The van der Waals surface area contributed by atoms with Gasteiger partial charge in [0.05, 0.1) is 18.3 Å². The van der Waals surface area contributed by atoms with Crippen LogP contribution in [0, 0.1) is 22.7 Å². The van der Waals surface area contributed by atoms with E-state index < -0.39 is 23.7 Å². The molecule has 4 heteroatoms. The Bertz CT molecular complexity index is 717. The fourth-order valence-electron chi connectivity index (χ4n) is 6.15. The number of ketones is 1. The van der Waals surface area contributed by atoms with Gasteiger partial charge in [-0.2, -0.15) is 0 Å². The zero-order valence-electron chi connectivity index (χ0n) is 15.2. The second kappa shape index (κ2) is 5.38. The van der Waals surface area contributed by atoms with Crippen molar-refractivity contribution in [2.24, 2.45) is 22.7 Å². The second-order valence-corrected chi connectivity index (χ2v) is 8.83. The average Bonchev–Trinajstić information content (AvgIpc) is 2.89. The highest BCUT2D eigenvalue weighted by atomic mass is 16.3. The summed E-state index contributed by atoms with van der Waals surface area (Å²) < 4.78 is 0. The molecule has 0 amide bonds. The third kappa shape index (κ3) is 2.14. The first-order valence-corrected chi connectivity index (χ1v) is 9.36. The molecule has 136 valence electrons. The molecule has 1 saturated carbocycles. The third-order valence-corrected chi connectivity index (χ3v) is 7.66. The minimum atomic E-state index is -0.797. The molecule has 4 aliphatic rings. The number of aliphatic hydroxyl groups excluding tert-OH is 3. The van der Waals surface area contributed by atoms with Crippen molar-refractivity contribution in [1.82, 2.24) is 0 Å². The van der Waals surface area contributed by atoms with E-state index in [9.17, 15) is 20.1 Å². The molecule has 0 aliphatic heterocycles. The maximum absolute atomic E-state index is 12.1. The SMILES string of the molecule is CC(=O)C1=CC[C@H]2C3=CCC4=C[C@H](O)[C@@H](O)C[C@]4(C)[C@H]3C[C@@H](O)[C@]12C. The zero-order valence-corrected chi connectivity index (χ0v) is 15.2. The van der Waals surface area contributed by atoms with Crippen molar-refractivity contribution in [2.45, 2.75) is 64.8 Å². The largest absolute Gasteiger partial charge is 0.392 e. The summed E-state index contributed by atoms with van der Waals surface area (Å²) in [6.07, 6.45) is 6.66. The Hall–Kier alpha value is -1.23. The highest BCUT2D eigenvalue weighted by Gasteiger charge is 2.59. The van der Waals surface area contributed by atoms with Crippen molar-refractivity contribution in [2.75, 3.05) is 0 Å². The Morgan fingerprint density at radius 2 is 1.88 bits per heavy atom. The second-order valence-electron chi connectivity index (χ2n) is 8.83. The van der Waals surface area contributed by atoms with Gasteiger partial charge in [-0.1, -0.05) is 43.2 Å². The van der Waals surface area contributed by atoms with Gasteiger partial charge >= 0.3 is 0 Å². The van der Waals surface area contributed by atoms with Crippen LogP contribution in [-0.4, -0.2) is 39.4 Å². The average molecular weight is 344 g/mol. The Morgan fingerprint density at radius 3 is 2.56 bits per heavy atom. The summed E-state index contributed by atoms with van der Waals surface area (Å²) in [5, 5.41) is 31.4. The maximum Gasteiger partial charge on any atom is 0.156 e. The number of carbonyl (C=O) groups excluding carboxylic acids is 1. The Labute approximate surface area is 148 Å². The fraction of sp³-hybridized carbons (Fsp3) is 0.667. The molecule has 1 fully saturated rings. The third-order valence-electron chi connectivity index (χ3n) is 7.66. The number of carbonyl (C=O) groups is 1. The topological polar surface area (TPSA) is 77.8 Å². The number of Topliss-reactive ketones (excluding diaryl/α,β-unsaturated/α-hetero) is 1. The predicted octanol–water partition coefficient (Wildman–Crippen LogP) is 2.30. The van der Waals surface area contributed by atoms with Gasteiger partial charge in [0.15, 0.2) is 5.78 Å². The molecule has 4 nitrogen and oxygen atoms in total. The monoisotopic (exact) mass is 344 g/mol. The Kier molecular flexibility index (Phi) is 3.70. The molecule has 0 unspecified atom stereocenters. The fourth-order valence-corrected chi connectivity index (χ4v) is 6.15. The molecule has 0 saturated heterocycles. The number of fused-ring (bicyclic) bond motifs is 5. The zero-order chi connectivity index (χ0) is 18.1. The standard InChI is InChI=1S/C21H28O4/c1-11(22)14-6-7-15-13-5-4-12-8-17(23)18(24)10-20(12,2)16(13)9-19(25)21(14,15)3/h5-6,8,15-19,23-25H,4,7,9-10H2,1-3H3/t15-,16-,17-,18-,19+,20-,21+/m0/s1. The predicted molar refractivity (Wildman–Crippen MR) is 94.6 cm³/mol. The van der Waals surface area contributed by atoms with Crippen LogP contribution < -0.4 is 0 Å². The number of rotatable bonds is 1. The van der Waals surface area contributed by atoms with Gasteiger partial charge < -0.3 is 15.3 Å². The van der Waals surface area contributed by atoms with Crippen LogP contribution in [0.15, 0.2) is 34.9 Å². The van der Waals surface area contributed by atoms with Crippen molar-refractivity contribution in [3.05, 3.63) is 34.9 Å². The summed E-state index contributed by atoms with van der Waals surface area (Å²) in [5.74, 6) is 0.367. The molecular weight excluding hydrogens is 316 g/mol. The van der Waals surface area contributed by atoms with Crippen molar-refractivity contribution >= 4 is 5.78 Å². The summed E-state index contributed by atoms with van der Waals surface area (Å²) in [4.78, 5) is 12.1. The lowest BCUT2D eigenvalue weighted by molar-refractivity contribution is -0.116. The summed E-state index contributed by atoms with van der Waals surface area (Å²) in [7, 11) is 0. The lowest BCUT2D eigenvalue weighted by Gasteiger charge is -2.56. The Morgan fingerprint density at radius 1 is 1.16 bits per heavy atom. The van der Waals surface area contributed by atoms with E-state index in [2.05, 4.69) is 13.0 Å². The van der Waals surface area contributed by atoms with Gasteiger partial charge in [-0.05, 0) is 55.4 Å². The van der Waals surface area contributed by atoms with Crippen LogP contribution >= 0.6 is 0 Å². The molecule has 4 rings (SSSR count). The molecule has 3 N–H and O–H groups in total. The van der Waals surface area contributed by atoms with Gasteiger partial charge in [0, 0.05) is 5.41 Å². The molecule has 0 aromatic carbocycles. The molecule has 0 spiro atoms. The molecule has 0 aromatic heterocycles. The summed E-state index contributed by atoms with van der Waals surface area (Å²) in [6.45, 7) is 5.79. The number of aliphatic hydroxyl groups is 3. The molecular formula is C21H28O4. The Balaban J connectivity index is 1.77. The first-order chi connectivity index (χ1) is 11.7. The van der Waals surface area contributed by atoms with Crippen LogP contribution in [0.5, 0.6) is 0 Å². The summed E-state index contributed by atoms with van der Waals surface area (Å²) >= 11 is 0. The molecule has 0 radical (unpaired) electrons. The van der Waals surface area contributed by atoms with Crippen LogP contribution in [0.1, 0.15) is 46.5 Å². The lowest BCUT2D eigenvalue weighted by Crippen LogP contribution is -2.53. The van der Waals surface area contributed by atoms with E-state index in [0.717, 1.165) is 18.4 Å². The van der Waals surface area contributed by atoms with Gasteiger partial charge in [-0.15, -0.1) is 0 Å². The summed E-state index contributed by atoms with van der Waals surface area (Å²) in [5.41, 5.74) is 2.55. The van der Waals surface area contributed by atoms with E-state index in [1.165, 1.54) is 11.1 Å². The molecule has 0 heterocycles. The van der Waals surface area contributed by atoms with Crippen molar-refractivity contribution in [3.8, 4) is 0 Å². The van der Waals surface area contributed by atoms with Crippen LogP contribution in [0.4, 0.5) is 0 Å². The van der Waals surface area contributed by atoms with E-state index in [-0.39, 0.29) is 23.0 Å². The summed E-state index contributed by atoms with van der Waals surface area (Å²) in [6, 6.07) is 0. The molecule has 4 aliphatic carbocycles. The van der Waals surface area contributed by atoms with Crippen molar-refractivity contribution in [1.29, 1.82) is 0 Å². The first-order valence-electron chi connectivity index (χ1n) is 9.36. The lowest BCUT2D eigenvalue weighted by atomic mass is 9.49. The van der Waals surface area contributed by atoms with Gasteiger partial charge in [0.2, 0.25) is 0 Å². The molecule has 25 heavy (non-hydrogen) atoms. The van der Waals surface area contributed by atoms with Gasteiger partial charge in [-0.3, -0.25) is 4.79 Å². The first kappa shape index (κ1) is 17.2. The minimum absolute atomic E-state index is 0.0573. The minimum Gasteiger partial charge on any atom is -0.392 e. The van der Waals surface area contributed by atoms with Crippen molar-refractivity contribution in [3.63, 3.8) is 0 Å². The number of hydrogen-bond acceptors (Lipinski definition) is 4. The highest BCUT2D eigenvalue weighted by molar-refractivity contribution is 5.95. The van der Waals surface area contributed by atoms with Crippen molar-refractivity contribution < 1.29 is 20.1 Å². The van der Waals surface area contributed by atoms with Gasteiger partial charge in [0.1, 0.15) is 0 Å². The van der Waals surface area contributed by atoms with Crippen LogP contribution in [0.25, 0.3) is 0 Å². The van der Waals surface area contributed by atoms with E-state index in [0.29, 0.717) is 12.8 Å². The normalized spacial score (nSPS) is 48.6. The number of hydrogen-bond donors (Lipinski definition) is 3. The van der Waals surface area contributed by atoms with Gasteiger partial charge in [-0.25, -0.2) is 0 Å². The van der Waals surface area contributed by atoms with Crippen LogP contribution in [-0.2, 0) is 4.79 Å². The van der Waals surface area contributed by atoms with Crippen LogP contribution in [0.2, 0.25) is 0 Å². The quantitative estimate of drug-likeness (QED) is 0.638. The van der Waals surface area contributed by atoms with Gasteiger partial charge in [0.25, 0.3) is 0 Å². The highest BCUT2D eigenvalue weighted by Crippen LogP contribution is 2.63. The smallest absolute Gasteiger partial charge is 0.156 e. The molecule has 7 atom stereocenters.